The second-order valence-corrected chi connectivity index (χ2v) is 4.16. The van der Waals surface area contributed by atoms with Gasteiger partial charge in [-0.3, -0.25) is 4.79 Å². The minimum atomic E-state index is -0.191. The van der Waals surface area contributed by atoms with Gasteiger partial charge in [-0.05, 0) is 32.1 Å². The van der Waals surface area contributed by atoms with Gasteiger partial charge in [-0.2, -0.15) is 0 Å². The van der Waals surface area contributed by atoms with Crippen LogP contribution < -0.4 is 0 Å². The van der Waals surface area contributed by atoms with Gasteiger partial charge in [-0.15, -0.1) is 0 Å². The normalized spacial score (nSPS) is 11.4. The highest BCUT2D eigenvalue weighted by atomic mass is 16.5. The molecule has 0 bridgehead atoms. The van der Waals surface area contributed by atoms with Crippen molar-refractivity contribution in [1.82, 2.24) is 0 Å². The van der Waals surface area contributed by atoms with Crippen LogP contribution in [0.3, 0.4) is 0 Å². The molecule has 2 nitrogen and oxygen atoms in total. The van der Waals surface area contributed by atoms with E-state index in [-0.39, 0.29) is 5.97 Å². The summed E-state index contributed by atoms with van der Waals surface area (Å²) in [5.41, 5.74) is 0. The fourth-order valence-electron chi connectivity index (χ4n) is 1.44. The molecule has 0 atom stereocenters. The highest BCUT2D eigenvalue weighted by Crippen LogP contribution is 2.01. The van der Waals surface area contributed by atoms with Crippen molar-refractivity contribution in [1.29, 1.82) is 0 Å². The largest absolute Gasteiger partial charge is 0.466 e. The topological polar surface area (TPSA) is 26.3 Å². The Morgan fingerprint density at radius 3 is 2.24 bits per heavy atom. The summed E-state index contributed by atoms with van der Waals surface area (Å²) >= 11 is 0. The molecule has 0 heterocycles. The van der Waals surface area contributed by atoms with E-state index in [1.165, 1.54) is 32.6 Å². The molecule has 17 heavy (non-hydrogen) atoms. The Labute approximate surface area is 106 Å². The number of rotatable bonds is 10. The van der Waals surface area contributed by atoms with Crippen molar-refractivity contribution in [3.63, 3.8) is 0 Å². The lowest BCUT2D eigenvalue weighted by Gasteiger charge is -1.97. The van der Waals surface area contributed by atoms with E-state index in [1.807, 2.05) is 0 Å². The van der Waals surface area contributed by atoms with Crippen molar-refractivity contribution in [2.45, 2.75) is 58.8 Å². The molecule has 0 aromatic rings. The lowest BCUT2D eigenvalue weighted by Crippen LogP contribution is -1.99. The van der Waals surface area contributed by atoms with Gasteiger partial charge in [0.25, 0.3) is 0 Å². The Morgan fingerprint density at radius 1 is 1.00 bits per heavy atom. The molecule has 0 N–H and O–H groups in total. The summed E-state index contributed by atoms with van der Waals surface area (Å²) in [7, 11) is 0. The maximum absolute atomic E-state index is 10.5. The Hall–Kier alpha value is -1.05. The number of esters is 1. The molecule has 0 aliphatic rings. The van der Waals surface area contributed by atoms with Crippen LogP contribution in [0.1, 0.15) is 58.8 Å². The van der Waals surface area contributed by atoms with Crippen LogP contribution in [-0.2, 0) is 9.53 Å². The Bertz CT molecular complexity index is 229. The molecule has 0 radical (unpaired) electrons. The number of hydrogen-bond donors (Lipinski definition) is 0. The van der Waals surface area contributed by atoms with Crippen molar-refractivity contribution >= 4 is 5.97 Å². The first-order valence-electron chi connectivity index (χ1n) is 6.70. The molecule has 0 aromatic heterocycles. The highest BCUT2D eigenvalue weighted by molar-refractivity contribution is 5.65. The first-order chi connectivity index (χ1) is 8.27. The molecular formula is C15H26O2. The van der Waals surface area contributed by atoms with Crippen LogP contribution >= 0.6 is 0 Å². The number of carbonyl (C=O) groups excluding carboxylic acids is 1. The third-order valence-corrected chi connectivity index (χ3v) is 2.40. The van der Waals surface area contributed by atoms with E-state index in [9.17, 15) is 4.79 Å². The first kappa shape index (κ1) is 16.0. The smallest absolute Gasteiger partial charge is 0.302 e. The zero-order chi connectivity index (χ0) is 12.8. The quantitative estimate of drug-likeness (QED) is 0.320. The molecular weight excluding hydrogens is 212 g/mol. The van der Waals surface area contributed by atoms with Crippen molar-refractivity contribution in [2.24, 2.45) is 0 Å². The van der Waals surface area contributed by atoms with Gasteiger partial charge in [0.15, 0.2) is 0 Å². The number of unbranched alkanes of at least 4 members (excludes halogenated alkanes) is 4. The van der Waals surface area contributed by atoms with E-state index < -0.39 is 0 Å². The molecule has 2 heteroatoms. The summed E-state index contributed by atoms with van der Waals surface area (Å²) in [5.74, 6) is -0.191. The molecule has 0 aliphatic carbocycles. The maximum atomic E-state index is 10.5. The van der Waals surface area contributed by atoms with Gasteiger partial charge >= 0.3 is 5.97 Å². The van der Waals surface area contributed by atoms with Gasteiger partial charge in [0.2, 0.25) is 0 Å². The zero-order valence-electron chi connectivity index (χ0n) is 11.3. The minimum Gasteiger partial charge on any atom is -0.466 e. The molecule has 0 unspecified atom stereocenters. The molecule has 0 rings (SSSR count). The number of hydrogen-bond acceptors (Lipinski definition) is 2. The first-order valence-corrected chi connectivity index (χ1v) is 6.70. The fraction of sp³-hybridized carbons (Fsp3) is 0.667. The maximum Gasteiger partial charge on any atom is 0.302 e. The molecule has 98 valence electrons. The third kappa shape index (κ3) is 14.9. The van der Waals surface area contributed by atoms with E-state index in [4.69, 9.17) is 4.74 Å². The molecule has 0 saturated heterocycles. The van der Waals surface area contributed by atoms with Crippen LogP contribution in [0.15, 0.2) is 24.3 Å². The van der Waals surface area contributed by atoms with Crippen LogP contribution in [-0.4, -0.2) is 12.6 Å². The van der Waals surface area contributed by atoms with E-state index in [1.54, 1.807) is 0 Å². The van der Waals surface area contributed by atoms with Crippen molar-refractivity contribution in [3.8, 4) is 0 Å². The SMILES string of the molecule is CCCCC/C=C/C/C=C\CCCOC(C)=O. The van der Waals surface area contributed by atoms with Gasteiger partial charge in [0.05, 0.1) is 6.61 Å². The minimum absolute atomic E-state index is 0.191. The fourth-order valence-corrected chi connectivity index (χ4v) is 1.44. The summed E-state index contributed by atoms with van der Waals surface area (Å²) in [6.07, 6.45) is 16.8. The van der Waals surface area contributed by atoms with Gasteiger partial charge in [0.1, 0.15) is 0 Å². The molecule has 0 fully saturated rings. The van der Waals surface area contributed by atoms with Gasteiger partial charge in [-0.25, -0.2) is 0 Å². The lowest BCUT2D eigenvalue weighted by atomic mass is 10.2. The predicted molar refractivity (Wildman–Crippen MR) is 72.9 cm³/mol. The standard InChI is InChI=1S/C15H26O2/c1-3-4-5-6-7-8-9-10-11-12-13-14-17-15(2)16/h7-8,10-11H,3-6,9,12-14H2,1-2H3/b8-7+,11-10-. The van der Waals surface area contributed by atoms with Crippen LogP contribution in [0.5, 0.6) is 0 Å². The third-order valence-electron chi connectivity index (χ3n) is 2.40. The van der Waals surface area contributed by atoms with E-state index in [0.717, 1.165) is 19.3 Å². The van der Waals surface area contributed by atoms with Crippen molar-refractivity contribution < 1.29 is 9.53 Å². The second kappa shape index (κ2) is 13.0. The number of carbonyl (C=O) groups is 1. The van der Waals surface area contributed by atoms with Crippen LogP contribution in [0.25, 0.3) is 0 Å². The Balaban J connectivity index is 3.21. The second-order valence-electron chi connectivity index (χ2n) is 4.16. The van der Waals surface area contributed by atoms with Gasteiger partial charge in [-0.1, -0.05) is 44.1 Å². The average Bonchev–Trinajstić information content (AvgIpc) is 2.30. The van der Waals surface area contributed by atoms with Crippen molar-refractivity contribution in [2.75, 3.05) is 6.61 Å². The highest BCUT2D eigenvalue weighted by Gasteiger charge is 1.89. The number of ether oxygens (including phenoxy) is 1. The molecule has 0 aromatic carbocycles. The Kier molecular flexibility index (Phi) is 12.2. The summed E-state index contributed by atoms with van der Waals surface area (Å²) in [5, 5.41) is 0. The average molecular weight is 238 g/mol. The van der Waals surface area contributed by atoms with E-state index in [0.29, 0.717) is 6.61 Å². The lowest BCUT2D eigenvalue weighted by molar-refractivity contribution is -0.141. The monoisotopic (exact) mass is 238 g/mol. The molecule has 0 saturated carbocycles. The summed E-state index contributed by atoms with van der Waals surface area (Å²) < 4.78 is 4.84. The summed E-state index contributed by atoms with van der Waals surface area (Å²) in [4.78, 5) is 10.5. The van der Waals surface area contributed by atoms with Crippen LogP contribution in [0.4, 0.5) is 0 Å². The molecule has 0 amide bonds. The molecule has 0 aliphatic heterocycles. The molecule has 0 spiro atoms. The Morgan fingerprint density at radius 2 is 1.65 bits per heavy atom. The zero-order valence-corrected chi connectivity index (χ0v) is 11.3. The number of allylic oxidation sites excluding steroid dienone is 4. The summed E-state index contributed by atoms with van der Waals surface area (Å²) in [6.45, 7) is 4.20. The van der Waals surface area contributed by atoms with Gasteiger partial charge < -0.3 is 4.74 Å². The van der Waals surface area contributed by atoms with Gasteiger partial charge in [0, 0.05) is 6.92 Å². The predicted octanol–water partition coefficient (Wildman–Crippen LogP) is 4.41. The van der Waals surface area contributed by atoms with E-state index in [2.05, 4.69) is 31.2 Å². The van der Waals surface area contributed by atoms with Crippen LogP contribution in [0.2, 0.25) is 0 Å². The van der Waals surface area contributed by atoms with Crippen LogP contribution in [0, 0.1) is 0 Å². The van der Waals surface area contributed by atoms with E-state index >= 15 is 0 Å². The summed E-state index contributed by atoms with van der Waals surface area (Å²) in [6, 6.07) is 0. The van der Waals surface area contributed by atoms with Crippen molar-refractivity contribution in [3.05, 3.63) is 24.3 Å².